The maximum Gasteiger partial charge on any atom is 0.191 e. The summed E-state index contributed by atoms with van der Waals surface area (Å²) in [4.78, 5) is 10.1. The van der Waals surface area contributed by atoms with Gasteiger partial charge in [-0.15, -0.1) is 11.3 Å². The Morgan fingerprint density at radius 1 is 1.31 bits per heavy atom. The van der Waals surface area contributed by atoms with Gasteiger partial charge in [0.05, 0.1) is 24.4 Å². The molecule has 3 rings (SSSR count). The highest BCUT2D eigenvalue weighted by Gasteiger charge is 2.37. The molecule has 0 radical (unpaired) electrons. The molecule has 0 unspecified atom stereocenters. The average molecular weight is 437 g/mol. The Hall–Kier alpha value is -1.83. The molecular formula is C21H29ClN4O2S. The first-order valence-electron chi connectivity index (χ1n) is 9.76. The number of nitrogens with zero attached hydrogens (tertiary/aromatic N) is 2. The Kier molecular flexibility index (Phi) is 7.38. The van der Waals surface area contributed by atoms with Gasteiger partial charge in [-0.2, -0.15) is 0 Å². The number of methoxy groups -OCH3 is 1. The zero-order chi connectivity index (χ0) is 20.9. The molecular weight excluding hydrogens is 408 g/mol. The van der Waals surface area contributed by atoms with Gasteiger partial charge in [0.1, 0.15) is 5.75 Å². The normalized spacial score (nSPS) is 16.5. The molecule has 6 nitrogen and oxygen atoms in total. The van der Waals surface area contributed by atoms with Gasteiger partial charge in [-0.25, -0.2) is 4.98 Å². The Morgan fingerprint density at radius 3 is 2.69 bits per heavy atom. The number of hydrogen-bond acceptors (Lipinski definition) is 5. The molecule has 158 valence electrons. The fourth-order valence-electron chi connectivity index (χ4n) is 3.77. The van der Waals surface area contributed by atoms with Gasteiger partial charge in [0.25, 0.3) is 0 Å². The molecule has 1 saturated heterocycles. The third kappa shape index (κ3) is 5.21. The average Bonchev–Trinajstić information content (AvgIpc) is 3.05. The molecule has 1 aliphatic heterocycles. The van der Waals surface area contributed by atoms with E-state index in [2.05, 4.69) is 20.6 Å². The number of aromatic nitrogens is 1. The summed E-state index contributed by atoms with van der Waals surface area (Å²) in [7, 11) is 3.49. The number of guanidine groups is 1. The van der Waals surface area contributed by atoms with Crippen molar-refractivity contribution in [2.24, 2.45) is 4.99 Å². The summed E-state index contributed by atoms with van der Waals surface area (Å²) in [6, 6.07) is 5.83. The number of aliphatic imine (C=N–C) groups is 1. The fourth-order valence-corrected chi connectivity index (χ4v) is 4.82. The van der Waals surface area contributed by atoms with Crippen LogP contribution in [0.5, 0.6) is 5.75 Å². The smallest absolute Gasteiger partial charge is 0.191 e. The van der Waals surface area contributed by atoms with Crippen molar-refractivity contribution < 1.29 is 9.47 Å². The number of thiazole rings is 1. The van der Waals surface area contributed by atoms with Gasteiger partial charge in [-0.3, -0.25) is 4.99 Å². The molecule has 0 spiro atoms. The van der Waals surface area contributed by atoms with E-state index in [-0.39, 0.29) is 5.41 Å². The van der Waals surface area contributed by atoms with Crippen LogP contribution in [0.25, 0.3) is 0 Å². The Bertz CT molecular complexity index is 862. The number of ether oxygens (including phenoxy) is 2. The van der Waals surface area contributed by atoms with Crippen molar-refractivity contribution in [3.63, 3.8) is 0 Å². The van der Waals surface area contributed by atoms with Crippen LogP contribution in [0.1, 0.15) is 34.0 Å². The quantitative estimate of drug-likeness (QED) is 0.532. The molecule has 1 aromatic carbocycles. The number of aryl methyl sites for hydroxylation is 2. The van der Waals surface area contributed by atoms with E-state index in [4.69, 9.17) is 21.1 Å². The van der Waals surface area contributed by atoms with Crippen LogP contribution in [0.3, 0.4) is 0 Å². The summed E-state index contributed by atoms with van der Waals surface area (Å²) < 4.78 is 11.3. The first-order chi connectivity index (χ1) is 14.0. The lowest BCUT2D eigenvalue weighted by atomic mass is 9.73. The zero-order valence-corrected chi connectivity index (χ0v) is 19.0. The second kappa shape index (κ2) is 9.78. The summed E-state index contributed by atoms with van der Waals surface area (Å²) in [6.45, 7) is 6.91. The molecule has 0 bridgehead atoms. The van der Waals surface area contributed by atoms with Gasteiger partial charge < -0.3 is 20.1 Å². The molecule has 0 aliphatic carbocycles. The molecule has 1 fully saturated rings. The van der Waals surface area contributed by atoms with E-state index in [0.29, 0.717) is 31.3 Å². The van der Waals surface area contributed by atoms with Gasteiger partial charge in [0, 0.05) is 47.7 Å². The van der Waals surface area contributed by atoms with E-state index >= 15 is 0 Å². The number of halogens is 1. The van der Waals surface area contributed by atoms with Crippen LogP contribution < -0.4 is 15.4 Å². The van der Waals surface area contributed by atoms with Crippen LogP contribution in [-0.4, -0.2) is 44.9 Å². The van der Waals surface area contributed by atoms with E-state index in [1.807, 2.05) is 32.0 Å². The van der Waals surface area contributed by atoms with Crippen molar-refractivity contribution in [2.75, 3.05) is 33.9 Å². The molecule has 8 heteroatoms. The molecule has 0 atom stereocenters. The van der Waals surface area contributed by atoms with Crippen molar-refractivity contribution in [3.8, 4) is 5.75 Å². The molecule has 2 heterocycles. The highest BCUT2D eigenvalue weighted by molar-refractivity contribution is 7.11. The second-order valence-corrected chi connectivity index (χ2v) is 8.98. The summed E-state index contributed by atoms with van der Waals surface area (Å²) in [5.41, 5.74) is 2.05. The third-order valence-corrected chi connectivity index (χ3v) is 6.72. The van der Waals surface area contributed by atoms with Crippen LogP contribution in [0, 0.1) is 13.8 Å². The third-order valence-electron chi connectivity index (χ3n) is 5.42. The number of nitrogens with one attached hydrogen (secondary N) is 2. The highest BCUT2D eigenvalue weighted by Crippen LogP contribution is 2.40. The van der Waals surface area contributed by atoms with E-state index < -0.39 is 0 Å². The molecule has 2 N–H and O–H groups in total. The molecule has 2 aromatic rings. The minimum atomic E-state index is -0.136. The summed E-state index contributed by atoms with van der Waals surface area (Å²) in [6.07, 6.45) is 1.78. The lowest BCUT2D eigenvalue weighted by Gasteiger charge is -2.39. The maximum atomic E-state index is 6.33. The minimum absolute atomic E-state index is 0.136. The second-order valence-electron chi connectivity index (χ2n) is 7.26. The van der Waals surface area contributed by atoms with Gasteiger partial charge in [0.2, 0.25) is 0 Å². The number of hydrogen-bond donors (Lipinski definition) is 2. The van der Waals surface area contributed by atoms with Crippen molar-refractivity contribution in [1.29, 1.82) is 0 Å². The van der Waals surface area contributed by atoms with Crippen LogP contribution in [0.15, 0.2) is 23.2 Å². The van der Waals surface area contributed by atoms with Crippen molar-refractivity contribution in [2.45, 2.75) is 38.6 Å². The van der Waals surface area contributed by atoms with Crippen molar-refractivity contribution >= 4 is 28.9 Å². The van der Waals surface area contributed by atoms with Crippen LogP contribution in [0.4, 0.5) is 0 Å². The van der Waals surface area contributed by atoms with Crippen molar-refractivity contribution in [1.82, 2.24) is 15.6 Å². The van der Waals surface area contributed by atoms with Gasteiger partial charge in [-0.05, 0) is 44.9 Å². The van der Waals surface area contributed by atoms with Gasteiger partial charge >= 0.3 is 0 Å². The SMILES string of the molecule is CN=C(NCc1sc(C)nc1C)NCC1(c2cc(Cl)ccc2OC)CCOCC1. The van der Waals surface area contributed by atoms with Crippen molar-refractivity contribution in [3.05, 3.63) is 44.4 Å². The molecule has 0 amide bonds. The van der Waals surface area contributed by atoms with E-state index in [0.717, 1.165) is 40.8 Å². The van der Waals surface area contributed by atoms with E-state index in [9.17, 15) is 0 Å². The summed E-state index contributed by atoms with van der Waals surface area (Å²) in [5.74, 6) is 1.62. The van der Waals surface area contributed by atoms with Crippen LogP contribution >= 0.6 is 22.9 Å². The maximum absolute atomic E-state index is 6.33. The predicted octanol–water partition coefficient (Wildman–Crippen LogP) is 3.84. The lowest BCUT2D eigenvalue weighted by molar-refractivity contribution is 0.0505. The summed E-state index contributed by atoms with van der Waals surface area (Å²) >= 11 is 8.04. The standard InChI is InChI=1S/C21H29ClN4O2S/c1-14-19(29-15(2)26-14)12-24-20(23-3)25-13-21(7-9-28-10-8-21)17-11-16(22)5-6-18(17)27-4/h5-6,11H,7-10,12-13H2,1-4H3,(H2,23,24,25). The topological polar surface area (TPSA) is 67.8 Å². The fraction of sp³-hybridized carbons (Fsp3) is 0.524. The van der Waals surface area contributed by atoms with Crippen LogP contribution in [-0.2, 0) is 16.7 Å². The highest BCUT2D eigenvalue weighted by atomic mass is 35.5. The number of rotatable bonds is 6. The minimum Gasteiger partial charge on any atom is -0.496 e. The molecule has 0 saturated carbocycles. The Labute approximate surface area is 181 Å². The number of benzene rings is 1. The first kappa shape index (κ1) is 21.9. The van der Waals surface area contributed by atoms with Crippen LogP contribution in [0.2, 0.25) is 5.02 Å². The molecule has 1 aromatic heterocycles. The predicted molar refractivity (Wildman–Crippen MR) is 120 cm³/mol. The Balaban J connectivity index is 1.75. The van der Waals surface area contributed by atoms with E-state index in [1.54, 1.807) is 25.5 Å². The van der Waals surface area contributed by atoms with Gasteiger partial charge in [0.15, 0.2) is 5.96 Å². The molecule has 1 aliphatic rings. The monoisotopic (exact) mass is 436 g/mol. The Morgan fingerprint density at radius 2 is 2.07 bits per heavy atom. The lowest BCUT2D eigenvalue weighted by Crippen LogP contribution is -2.48. The van der Waals surface area contributed by atoms with E-state index in [1.165, 1.54) is 4.88 Å². The largest absolute Gasteiger partial charge is 0.496 e. The summed E-state index contributed by atoms with van der Waals surface area (Å²) in [5, 5.41) is 8.72. The van der Waals surface area contributed by atoms with Gasteiger partial charge in [-0.1, -0.05) is 11.6 Å². The first-order valence-corrected chi connectivity index (χ1v) is 11.0. The zero-order valence-electron chi connectivity index (χ0n) is 17.5. The molecule has 29 heavy (non-hydrogen) atoms.